The van der Waals surface area contributed by atoms with Crippen molar-refractivity contribution < 1.29 is 9.53 Å². The van der Waals surface area contributed by atoms with Crippen LogP contribution in [-0.2, 0) is 16.0 Å². The average Bonchev–Trinajstić information content (AvgIpc) is 2.25. The molecule has 0 aliphatic rings. The molecule has 2 heteroatoms. The Morgan fingerprint density at radius 2 is 2.13 bits per heavy atom. The normalized spacial score (nSPS) is 11.8. The predicted molar refractivity (Wildman–Crippen MR) is 60.5 cm³/mol. The summed E-state index contributed by atoms with van der Waals surface area (Å²) >= 11 is 0. The molecule has 0 bridgehead atoms. The Labute approximate surface area is 90.6 Å². The Morgan fingerprint density at radius 3 is 2.67 bits per heavy atom. The molecule has 0 aliphatic carbocycles. The van der Waals surface area contributed by atoms with E-state index in [2.05, 4.69) is 18.7 Å². The molecule has 15 heavy (non-hydrogen) atoms. The first-order valence-corrected chi connectivity index (χ1v) is 5.02. The van der Waals surface area contributed by atoms with E-state index in [0.717, 1.165) is 6.42 Å². The minimum atomic E-state index is -0.241. The molecular formula is C13H16O2. The zero-order chi connectivity index (χ0) is 11.1. The molecule has 0 saturated carbocycles. The largest absolute Gasteiger partial charge is 0.465 e. The van der Waals surface area contributed by atoms with Gasteiger partial charge < -0.3 is 4.74 Å². The van der Waals surface area contributed by atoms with Crippen LogP contribution in [-0.4, -0.2) is 12.6 Å². The van der Waals surface area contributed by atoms with Crippen LogP contribution in [0.1, 0.15) is 12.5 Å². The van der Waals surface area contributed by atoms with Crippen LogP contribution in [0.5, 0.6) is 0 Å². The standard InChI is InChI=1S/C13H16O2/c1-3-12(10-15-11(2)14)9-13-7-5-4-6-8-13/h3-8,12H,1,9-10H2,2H3. The van der Waals surface area contributed by atoms with Gasteiger partial charge in [0.1, 0.15) is 0 Å². The highest BCUT2D eigenvalue weighted by atomic mass is 16.5. The Bertz CT molecular complexity index is 317. The van der Waals surface area contributed by atoms with Crippen molar-refractivity contribution in [1.82, 2.24) is 0 Å². The molecular weight excluding hydrogens is 188 g/mol. The van der Waals surface area contributed by atoms with Crippen LogP contribution in [0.25, 0.3) is 0 Å². The highest BCUT2D eigenvalue weighted by Gasteiger charge is 2.07. The van der Waals surface area contributed by atoms with Gasteiger partial charge in [0.05, 0.1) is 6.61 Å². The van der Waals surface area contributed by atoms with Gasteiger partial charge in [-0.3, -0.25) is 4.79 Å². The fourth-order valence-corrected chi connectivity index (χ4v) is 1.35. The smallest absolute Gasteiger partial charge is 0.302 e. The van der Waals surface area contributed by atoms with Crippen LogP contribution in [0.15, 0.2) is 43.0 Å². The average molecular weight is 204 g/mol. The molecule has 0 N–H and O–H groups in total. The number of carbonyl (C=O) groups excluding carboxylic acids is 1. The van der Waals surface area contributed by atoms with Crippen LogP contribution < -0.4 is 0 Å². The van der Waals surface area contributed by atoms with Gasteiger partial charge >= 0.3 is 5.97 Å². The molecule has 1 unspecified atom stereocenters. The second-order valence-corrected chi connectivity index (χ2v) is 3.49. The summed E-state index contributed by atoms with van der Waals surface area (Å²) in [5, 5.41) is 0. The van der Waals surface area contributed by atoms with Crippen molar-refractivity contribution in [3.05, 3.63) is 48.6 Å². The summed E-state index contributed by atoms with van der Waals surface area (Å²) in [4.78, 5) is 10.7. The van der Waals surface area contributed by atoms with Gasteiger partial charge in [0, 0.05) is 12.8 Å². The SMILES string of the molecule is C=CC(COC(C)=O)Cc1ccccc1. The van der Waals surface area contributed by atoms with E-state index >= 15 is 0 Å². The molecule has 0 fully saturated rings. The molecule has 1 aromatic carbocycles. The van der Waals surface area contributed by atoms with Crippen molar-refractivity contribution in [2.45, 2.75) is 13.3 Å². The van der Waals surface area contributed by atoms with Gasteiger partial charge in [0.15, 0.2) is 0 Å². The molecule has 0 heterocycles. The summed E-state index contributed by atoms with van der Waals surface area (Å²) in [6.45, 7) is 5.57. The monoisotopic (exact) mass is 204 g/mol. The Hall–Kier alpha value is -1.57. The first-order chi connectivity index (χ1) is 7.22. The molecule has 0 aromatic heterocycles. The zero-order valence-corrected chi connectivity index (χ0v) is 8.98. The van der Waals surface area contributed by atoms with E-state index in [9.17, 15) is 4.79 Å². The van der Waals surface area contributed by atoms with Gasteiger partial charge in [0.2, 0.25) is 0 Å². The summed E-state index contributed by atoms with van der Waals surface area (Å²) in [5.74, 6) is -0.0498. The summed E-state index contributed by atoms with van der Waals surface area (Å²) in [6.07, 6.45) is 2.69. The highest BCUT2D eigenvalue weighted by molar-refractivity contribution is 5.65. The minimum Gasteiger partial charge on any atom is -0.465 e. The van der Waals surface area contributed by atoms with E-state index in [4.69, 9.17) is 4.74 Å². The number of carbonyl (C=O) groups is 1. The lowest BCUT2D eigenvalue weighted by Crippen LogP contribution is -2.12. The molecule has 80 valence electrons. The second kappa shape index (κ2) is 6.02. The number of esters is 1. The molecule has 1 atom stereocenters. The molecule has 0 amide bonds. The predicted octanol–water partition coefficient (Wildman–Crippen LogP) is 2.59. The van der Waals surface area contributed by atoms with Crippen molar-refractivity contribution in [2.24, 2.45) is 5.92 Å². The van der Waals surface area contributed by atoms with Crippen LogP contribution in [0.2, 0.25) is 0 Å². The van der Waals surface area contributed by atoms with Gasteiger partial charge in [0.25, 0.3) is 0 Å². The summed E-state index contributed by atoms with van der Waals surface area (Å²) in [5.41, 5.74) is 1.23. The molecule has 0 radical (unpaired) electrons. The Kier molecular flexibility index (Phi) is 4.61. The number of hydrogen-bond donors (Lipinski definition) is 0. The van der Waals surface area contributed by atoms with E-state index < -0.39 is 0 Å². The number of ether oxygens (including phenoxy) is 1. The van der Waals surface area contributed by atoms with Crippen molar-refractivity contribution in [1.29, 1.82) is 0 Å². The number of rotatable bonds is 5. The fraction of sp³-hybridized carbons (Fsp3) is 0.308. The van der Waals surface area contributed by atoms with Crippen molar-refractivity contribution in [2.75, 3.05) is 6.61 Å². The molecule has 0 aliphatic heterocycles. The molecule has 1 aromatic rings. The van der Waals surface area contributed by atoms with E-state index in [1.54, 1.807) is 0 Å². The Morgan fingerprint density at radius 1 is 1.47 bits per heavy atom. The molecule has 1 rings (SSSR count). The quantitative estimate of drug-likeness (QED) is 0.544. The lowest BCUT2D eigenvalue weighted by atomic mass is 10.0. The van der Waals surface area contributed by atoms with Crippen molar-refractivity contribution in [3.8, 4) is 0 Å². The molecule has 0 saturated heterocycles. The summed E-state index contributed by atoms with van der Waals surface area (Å²) in [6, 6.07) is 10.1. The summed E-state index contributed by atoms with van der Waals surface area (Å²) < 4.78 is 4.96. The van der Waals surface area contributed by atoms with Crippen LogP contribution in [0.4, 0.5) is 0 Å². The van der Waals surface area contributed by atoms with E-state index in [1.807, 2.05) is 24.3 Å². The van der Waals surface area contributed by atoms with Gasteiger partial charge in [-0.05, 0) is 12.0 Å². The van der Waals surface area contributed by atoms with Gasteiger partial charge in [-0.25, -0.2) is 0 Å². The van der Waals surface area contributed by atoms with E-state index in [1.165, 1.54) is 12.5 Å². The Balaban J connectivity index is 2.47. The zero-order valence-electron chi connectivity index (χ0n) is 8.98. The topological polar surface area (TPSA) is 26.3 Å². The lowest BCUT2D eigenvalue weighted by Gasteiger charge is -2.11. The summed E-state index contributed by atoms with van der Waals surface area (Å²) in [7, 11) is 0. The molecule has 2 nitrogen and oxygen atoms in total. The maximum atomic E-state index is 10.7. The molecule has 0 spiro atoms. The van der Waals surface area contributed by atoms with E-state index in [-0.39, 0.29) is 11.9 Å². The second-order valence-electron chi connectivity index (χ2n) is 3.49. The van der Waals surface area contributed by atoms with Crippen LogP contribution >= 0.6 is 0 Å². The van der Waals surface area contributed by atoms with Gasteiger partial charge in [-0.1, -0.05) is 36.4 Å². The van der Waals surface area contributed by atoms with Crippen LogP contribution in [0.3, 0.4) is 0 Å². The van der Waals surface area contributed by atoms with E-state index in [0.29, 0.717) is 6.61 Å². The van der Waals surface area contributed by atoms with Crippen LogP contribution in [0, 0.1) is 5.92 Å². The lowest BCUT2D eigenvalue weighted by molar-refractivity contribution is -0.141. The maximum absolute atomic E-state index is 10.7. The van der Waals surface area contributed by atoms with Gasteiger partial charge in [-0.15, -0.1) is 6.58 Å². The first-order valence-electron chi connectivity index (χ1n) is 5.02. The number of hydrogen-bond acceptors (Lipinski definition) is 2. The third kappa shape index (κ3) is 4.45. The van der Waals surface area contributed by atoms with Crippen molar-refractivity contribution in [3.63, 3.8) is 0 Å². The third-order valence-electron chi connectivity index (χ3n) is 2.17. The first kappa shape index (κ1) is 11.5. The number of benzene rings is 1. The third-order valence-corrected chi connectivity index (χ3v) is 2.17. The van der Waals surface area contributed by atoms with Gasteiger partial charge in [-0.2, -0.15) is 0 Å². The fourth-order valence-electron chi connectivity index (χ4n) is 1.35. The van der Waals surface area contributed by atoms with Crippen molar-refractivity contribution >= 4 is 5.97 Å². The maximum Gasteiger partial charge on any atom is 0.302 e. The highest BCUT2D eigenvalue weighted by Crippen LogP contribution is 2.10. The minimum absolute atomic E-state index is 0.191.